The number of hydrogen-bond acceptors (Lipinski definition) is 2. The SMILES string of the molecule is O=C(Nc1ccccc1Oc1ccccc1Cl)c1cc(F)cc(F)c1. The van der Waals surface area contributed by atoms with Crippen LogP contribution in [0.1, 0.15) is 10.4 Å². The standard InChI is InChI=1S/C19H12ClF2NO2/c20-15-5-1-3-7-17(15)25-18-8-4-2-6-16(18)23-19(24)12-9-13(21)11-14(22)10-12/h1-11H,(H,23,24). The van der Waals surface area contributed by atoms with Crippen molar-refractivity contribution < 1.29 is 18.3 Å². The van der Waals surface area contributed by atoms with E-state index in [0.717, 1.165) is 12.1 Å². The Morgan fingerprint density at radius 2 is 1.48 bits per heavy atom. The Bertz CT molecular complexity index is 911. The molecular weight excluding hydrogens is 348 g/mol. The summed E-state index contributed by atoms with van der Waals surface area (Å²) in [5.74, 6) is -1.55. The summed E-state index contributed by atoms with van der Waals surface area (Å²) in [5, 5.41) is 2.99. The van der Waals surface area contributed by atoms with Crippen molar-refractivity contribution in [1.82, 2.24) is 0 Å². The highest BCUT2D eigenvalue weighted by atomic mass is 35.5. The van der Waals surface area contributed by atoms with Crippen LogP contribution in [0.25, 0.3) is 0 Å². The van der Waals surface area contributed by atoms with Crippen molar-refractivity contribution in [3.8, 4) is 11.5 Å². The lowest BCUT2D eigenvalue weighted by Crippen LogP contribution is -2.13. The Labute approximate surface area is 147 Å². The minimum atomic E-state index is -0.828. The van der Waals surface area contributed by atoms with Crippen LogP contribution >= 0.6 is 11.6 Å². The van der Waals surface area contributed by atoms with E-state index in [9.17, 15) is 13.6 Å². The number of ether oxygens (including phenoxy) is 1. The van der Waals surface area contributed by atoms with Crippen molar-refractivity contribution in [3.05, 3.63) is 89.0 Å². The quantitative estimate of drug-likeness (QED) is 0.652. The maximum atomic E-state index is 13.3. The van der Waals surface area contributed by atoms with E-state index < -0.39 is 17.5 Å². The number of halogens is 3. The Kier molecular flexibility index (Phi) is 4.95. The highest BCUT2D eigenvalue weighted by Crippen LogP contribution is 2.33. The molecule has 3 aromatic rings. The number of rotatable bonds is 4. The molecule has 0 atom stereocenters. The number of para-hydroxylation sites is 3. The summed E-state index contributed by atoms with van der Waals surface area (Å²) in [6.45, 7) is 0. The number of anilines is 1. The van der Waals surface area contributed by atoms with Crippen LogP contribution in [0, 0.1) is 11.6 Å². The first-order chi connectivity index (χ1) is 12.0. The van der Waals surface area contributed by atoms with Crippen molar-refractivity contribution in [2.24, 2.45) is 0 Å². The maximum absolute atomic E-state index is 13.3. The molecule has 0 radical (unpaired) electrons. The average molecular weight is 360 g/mol. The minimum Gasteiger partial charge on any atom is -0.454 e. The normalized spacial score (nSPS) is 10.4. The molecule has 3 nitrogen and oxygen atoms in total. The molecule has 1 amide bonds. The summed E-state index contributed by atoms with van der Waals surface area (Å²) in [7, 11) is 0. The van der Waals surface area contributed by atoms with E-state index in [1.807, 2.05) is 0 Å². The van der Waals surface area contributed by atoms with Gasteiger partial charge in [0.2, 0.25) is 0 Å². The van der Waals surface area contributed by atoms with Gasteiger partial charge in [-0.3, -0.25) is 4.79 Å². The van der Waals surface area contributed by atoms with Gasteiger partial charge in [-0.15, -0.1) is 0 Å². The average Bonchev–Trinajstić information content (AvgIpc) is 2.57. The van der Waals surface area contributed by atoms with Crippen LogP contribution in [0.3, 0.4) is 0 Å². The minimum absolute atomic E-state index is 0.134. The molecule has 0 saturated heterocycles. The fourth-order valence-electron chi connectivity index (χ4n) is 2.18. The third kappa shape index (κ3) is 4.14. The van der Waals surface area contributed by atoms with Gasteiger partial charge in [0, 0.05) is 11.6 Å². The smallest absolute Gasteiger partial charge is 0.255 e. The predicted octanol–water partition coefficient (Wildman–Crippen LogP) is 5.66. The molecule has 1 N–H and O–H groups in total. The van der Waals surface area contributed by atoms with Gasteiger partial charge in [-0.25, -0.2) is 8.78 Å². The molecule has 3 rings (SSSR count). The summed E-state index contributed by atoms with van der Waals surface area (Å²) >= 11 is 6.07. The Balaban J connectivity index is 1.86. The molecule has 0 fully saturated rings. The van der Waals surface area contributed by atoms with Crippen LogP contribution in [-0.4, -0.2) is 5.91 Å². The molecule has 0 aromatic heterocycles. The number of nitrogens with one attached hydrogen (secondary N) is 1. The maximum Gasteiger partial charge on any atom is 0.255 e. The molecule has 0 heterocycles. The molecule has 0 bridgehead atoms. The first kappa shape index (κ1) is 16.9. The number of hydrogen-bond donors (Lipinski definition) is 1. The van der Waals surface area contributed by atoms with Crippen LogP contribution in [0.2, 0.25) is 5.02 Å². The second-order valence-electron chi connectivity index (χ2n) is 5.14. The number of amides is 1. The Hall–Kier alpha value is -2.92. The van der Waals surface area contributed by atoms with Gasteiger partial charge in [0.05, 0.1) is 10.7 Å². The zero-order chi connectivity index (χ0) is 17.8. The van der Waals surface area contributed by atoms with Crippen molar-refractivity contribution in [3.63, 3.8) is 0 Å². The molecule has 0 saturated carbocycles. The van der Waals surface area contributed by atoms with Crippen molar-refractivity contribution in [2.75, 3.05) is 5.32 Å². The Morgan fingerprint density at radius 3 is 2.16 bits per heavy atom. The van der Waals surface area contributed by atoms with E-state index in [1.54, 1.807) is 48.5 Å². The van der Waals surface area contributed by atoms with Crippen molar-refractivity contribution in [1.29, 1.82) is 0 Å². The Morgan fingerprint density at radius 1 is 0.880 bits per heavy atom. The van der Waals surface area contributed by atoms with E-state index in [2.05, 4.69) is 5.32 Å². The first-order valence-electron chi connectivity index (χ1n) is 7.32. The topological polar surface area (TPSA) is 38.3 Å². The molecule has 0 aliphatic rings. The second kappa shape index (κ2) is 7.32. The third-order valence-corrected chi connectivity index (χ3v) is 3.63. The van der Waals surface area contributed by atoms with E-state index in [4.69, 9.17) is 16.3 Å². The van der Waals surface area contributed by atoms with E-state index in [-0.39, 0.29) is 5.56 Å². The van der Waals surface area contributed by atoms with E-state index in [0.29, 0.717) is 28.3 Å². The molecule has 0 unspecified atom stereocenters. The lowest BCUT2D eigenvalue weighted by Gasteiger charge is -2.13. The summed E-state index contributed by atoms with van der Waals surface area (Å²) in [6.07, 6.45) is 0. The number of carbonyl (C=O) groups is 1. The van der Waals surface area contributed by atoms with E-state index >= 15 is 0 Å². The molecule has 6 heteroatoms. The highest BCUT2D eigenvalue weighted by Gasteiger charge is 2.13. The zero-order valence-electron chi connectivity index (χ0n) is 12.8. The van der Waals surface area contributed by atoms with Crippen LogP contribution in [0.5, 0.6) is 11.5 Å². The predicted molar refractivity (Wildman–Crippen MR) is 92.3 cm³/mol. The fraction of sp³-hybridized carbons (Fsp3) is 0. The van der Waals surface area contributed by atoms with Crippen molar-refractivity contribution >= 4 is 23.2 Å². The number of benzene rings is 3. The van der Waals surface area contributed by atoms with Gasteiger partial charge in [0.1, 0.15) is 17.4 Å². The van der Waals surface area contributed by atoms with Crippen LogP contribution in [-0.2, 0) is 0 Å². The van der Waals surface area contributed by atoms with Gasteiger partial charge in [-0.05, 0) is 36.4 Å². The largest absolute Gasteiger partial charge is 0.454 e. The molecular formula is C19H12ClF2NO2. The van der Waals surface area contributed by atoms with Crippen LogP contribution in [0.15, 0.2) is 66.7 Å². The molecule has 0 aliphatic carbocycles. The summed E-state index contributed by atoms with van der Waals surface area (Å²) in [6, 6.07) is 16.2. The van der Waals surface area contributed by atoms with Crippen molar-refractivity contribution in [2.45, 2.75) is 0 Å². The third-order valence-electron chi connectivity index (χ3n) is 3.32. The van der Waals surface area contributed by atoms with Gasteiger partial charge in [0.25, 0.3) is 5.91 Å². The molecule has 0 aliphatic heterocycles. The zero-order valence-corrected chi connectivity index (χ0v) is 13.6. The summed E-state index contributed by atoms with van der Waals surface area (Å²) in [4.78, 5) is 12.3. The fourth-order valence-corrected chi connectivity index (χ4v) is 2.36. The molecule has 25 heavy (non-hydrogen) atoms. The van der Waals surface area contributed by atoms with Gasteiger partial charge >= 0.3 is 0 Å². The molecule has 0 spiro atoms. The van der Waals surface area contributed by atoms with E-state index in [1.165, 1.54) is 0 Å². The van der Waals surface area contributed by atoms with Gasteiger partial charge < -0.3 is 10.1 Å². The van der Waals surface area contributed by atoms with Crippen LogP contribution in [0.4, 0.5) is 14.5 Å². The van der Waals surface area contributed by atoms with Gasteiger partial charge in [-0.2, -0.15) is 0 Å². The highest BCUT2D eigenvalue weighted by molar-refractivity contribution is 6.32. The lowest BCUT2D eigenvalue weighted by atomic mass is 10.2. The summed E-state index contributed by atoms with van der Waals surface area (Å²) < 4.78 is 32.3. The number of carbonyl (C=O) groups excluding carboxylic acids is 1. The van der Waals surface area contributed by atoms with Gasteiger partial charge in [0.15, 0.2) is 5.75 Å². The lowest BCUT2D eigenvalue weighted by molar-refractivity contribution is 0.102. The first-order valence-corrected chi connectivity index (χ1v) is 7.69. The van der Waals surface area contributed by atoms with Crippen LogP contribution < -0.4 is 10.1 Å². The second-order valence-corrected chi connectivity index (χ2v) is 5.55. The van der Waals surface area contributed by atoms with Gasteiger partial charge in [-0.1, -0.05) is 35.9 Å². The molecule has 126 valence electrons. The monoisotopic (exact) mass is 359 g/mol. The summed E-state index contributed by atoms with van der Waals surface area (Å²) in [5.41, 5.74) is 0.210. The molecule has 3 aromatic carbocycles.